The first-order chi connectivity index (χ1) is 14.0. The Morgan fingerprint density at radius 1 is 0.594 bits per heavy atom. The van der Waals surface area contributed by atoms with Crippen LogP contribution in [0.15, 0.2) is 0 Å². The number of fused-ring (bicyclic) bond motifs is 1. The van der Waals surface area contributed by atoms with Crippen molar-refractivity contribution in [2.75, 3.05) is 6.61 Å². The lowest BCUT2D eigenvalue weighted by atomic mass is 10.0. The van der Waals surface area contributed by atoms with Crippen molar-refractivity contribution in [2.45, 2.75) is 147 Å². The summed E-state index contributed by atoms with van der Waals surface area (Å²) in [4.78, 5) is 0. The Bertz CT molecular complexity index is 658. The Kier molecular flexibility index (Phi) is 7.92. The molecule has 2 saturated heterocycles. The lowest BCUT2D eigenvalue weighted by Crippen LogP contribution is -2.61. The maximum Gasteiger partial charge on any atom is 0.192 e. The Morgan fingerprint density at radius 3 is 1.41 bits per heavy atom. The Morgan fingerprint density at radius 2 is 1.00 bits per heavy atom. The molecule has 2 rings (SSSR count). The third-order valence-corrected chi connectivity index (χ3v) is 22.1. The monoisotopic (exact) mass is 504 g/mol. The molecule has 32 heavy (non-hydrogen) atoms. The van der Waals surface area contributed by atoms with E-state index < -0.39 is 25.0 Å². The SMILES string of the molecule is CC(C)(C)[Si](C)(C)OC[C@H]1O[C@H]2O[C@@H]2[C@@H](O[Si](C)(C)C(C)(C)C)[C@@H]1O[Si](C)(C)C(C)(C)C. The molecule has 2 aliphatic rings. The molecule has 0 amide bonds. The van der Waals surface area contributed by atoms with Gasteiger partial charge >= 0.3 is 0 Å². The molecule has 0 unspecified atom stereocenters. The summed E-state index contributed by atoms with van der Waals surface area (Å²) in [7, 11) is -6.00. The summed E-state index contributed by atoms with van der Waals surface area (Å²) in [5.41, 5.74) is 0. The van der Waals surface area contributed by atoms with E-state index in [0.717, 1.165) is 0 Å². The molecular formula is C24H52O5Si3. The fourth-order valence-electron chi connectivity index (χ4n) is 3.05. The number of hydrogen-bond donors (Lipinski definition) is 0. The minimum atomic E-state index is -2.06. The van der Waals surface area contributed by atoms with E-state index in [2.05, 4.69) is 102 Å². The molecule has 0 N–H and O–H groups in total. The molecule has 5 atom stereocenters. The third-order valence-electron chi connectivity index (χ3n) is 8.69. The van der Waals surface area contributed by atoms with Crippen LogP contribution in [-0.4, -0.2) is 62.3 Å². The first-order valence-corrected chi connectivity index (χ1v) is 21.0. The molecule has 0 aromatic heterocycles. The summed E-state index contributed by atoms with van der Waals surface area (Å²) in [6.07, 6.45) is -0.716. The van der Waals surface area contributed by atoms with Crippen LogP contribution < -0.4 is 0 Å². The van der Waals surface area contributed by atoms with Crippen LogP contribution in [0.1, 0.15) is 62.3 Å². The van der Waals surface area contributed by atoms with Gasteiger partial charge in [-0.3, -0.25) is 0 Å². The van der Waals surface area contributed by atoms with Crippen molar-refractivity contribution in [3.63, 3.8) is 0 Å². The summed E-state index contributed by atoms with van der Waals surface area (Å²) in [6, 6.07) is 0. The van der Waals surface area contributed by atoms with Crippen molar-refractivity contribution in [1.82, 2.24) is 0 Å². The first kappa shape index (κ1) is 28.7. The van der Waals surface area contributed by atoms with Crippen molar-refractivity contribution in [3.8, 4) is 0 Å². The molecule has 5 nitrogen and oxygen atoms in total. The third kappa shape index (κ3) is 6.17. The van der Waals surface area contributed by atoms with Gasteiger partial charge in [0.1, 0.15) is 24.4 Å². The molecule has 0 aliphatic carbocycles. The Labute approximate surface area is 201 Å². The molecule has 0 radical (unpaired) electrons. The molecule has 2 heterocycles. The highest BCUT2D eigenvalue weighted by atomic mass is 28.4. The van der Waals surface area contributed by atoms with Crippen molar-refractivity contribution in [1.29, 1.82) is 0 Å². The van der Waals surface area contributed by atoms with Crippen molar-refractivity contribution in [3.05, 3.63) is 0 Å². The minimum Gasteiger partial charge on any atom is -0.414 e. The molecule has 0 bridgehead atoms. The molecule has 2 fully saturated rings. The van der Waals surface area contributed by atoms with Crippen molar-refractivity contribution < 1.29 is 22.8 Å². The van der Waals surface area contributed by atoms with Gasteiger partial charge in [-0.2, -0.15) is 0 Å². The van der Waals surface area contributed by atoms with Gasteiger partial charge in [0.15, 0.2) is 31.2 Å². The van der Waals surface area contributed by atoms with Gasteiger partial charge in [0.2, 0.25) is 0 Å². The first-order valence-electron chi connectivity index (χ1n) is 12.3. The largest absolute Gasteiger partial charge is 0.414 e. The van der Waals surface area contributed by atoms with E-state index in [9.17, 15) is 0 Å². The van der Waals surface area contributed by atoms with Crippen LogP contribution in [-0.2, 0) is 22.8 Å². The summed E-state index contributed by atoms with van der Waals surface area (Å²) in [6.45, 7) is 34.9. The van der Waals surface area contributed by atoms with E-state index in [1.807, 2.05) is 0 Å². The average molecular weight is 505 g/mol. The van der Waals surface area contributed by atoms with E-state index in [0.29, 0.717) is 6.61 Å². The standard InChI is InChI=1S/C24H52O5Si3/c1-22(2,3)30(10,11)25-16-17-18(28-31(12,13)23(4,5)6)19(20-21(26-17)27-20)29-32(14,15)24(7,8)9/h17-21H,16H2,1-15H3/t17-,18-,19+,20-,21+/m1/s1. The lowest BCUT2D eigenvalue weighted by Gasteiger charge is -2.48. The summed E-state index contributed by atoms with van der Waals surface area (Å²) in [5, 5.41) is 0.359. The second-order valence-corrected chi connectivity index (χ2v) is 28.7. The van der Waals surface area contributed by atoms with Crippen molar-refractivity contribution >= 4 is 25.0 Å². The van der Waals surface area contributed by atoms with Crippen LogP contribution in [0.25, 0.3) is 0 Å². The highest BCUT2D eigenvalue weighted by Crippen LogP contribution is 2.47. The van der Waals surface area contributed by atoms with Crippen LogP contribution in [0.3, 0.4) is 0 Å². The number of rotatable bonds is 7. The molecule has 8 heteroatoms. The smallest absolute Gasteiger partial charge is 0.192 e. The lowest BCUT2D eigenvalue weighted by molar-refractivity contribution is -0.133. The van der Waals surface area contributed by atoms with E-state index in [4.69, 9.17) is 22.8 Å². The fourth-order valence-corrected chi connectivity index (χ4v) is 6.69. The minimum absolute atomic E-state index is 0.0389. The number of ether oxygens (including phenoxy) is 2. The normalized spacial score (nSPS) is 30.3. The molecule has 2 aliphatic heterocycles. The highest BCUT2D eigenvalue weighted by molar-refractivity contribution is 6.75. The van der Waals surface area contributed by atoms with Gasteiger partial charge in [-0.1, -0.05) is 62.3 Å². The summed E-state index contributed by atoms with van der Waals surface area (Å²) in [5.74, 6) is 0. The molecule has 0 spiro atoms. The maximum atomic E-state index is 7.04. The van der Waals surface area contributed by atoms with Gasteiger partial charge in [0, 0.05) is 0 Å². The van der Waals surface area contributed by atoms with Gasteiger partial charge in [0.25, 0.3) is 0 Å². The molecule has 0 aromatic carbocycles. The van der Waals surface area contributed by atoms with Crippen LogP contribution in [0.2, 0.25) is 54.4 Å². The predicted octanol–water partition coefficient (Wildman–Crippen LogP) is 6.91. The van der Waals surface area contributed by atoms with Gasteiger partial charge < -0.3 is 22.8 Å². The van der Waals surface area contributed by atoms with Gasteiger partial charge in [-0.25, -0.2) is 0 Å². The van der Waals surface area contributed by atoms with Gasteiger partial charge in [-0.05, 0) is 54.4 Å². The number of epoxide rings is 1. The zero-order chi connectivity index (χ0) is 25.1. The molecule has 0 saturated carbocycles. The van der Waals surface area contributed by atoms with Crippen LogP contribution in [0.4, 0.5) is 0 Å². The second kappa shape index (κ2) is 8.84. The second-order valence-electron chi connectivity index (χ2n) is 14.4. The number of hydrogen-bond acceptors (Lipinski definition) is 5. The van der Waals surface area contributed by atoms with E-state index >= 15 is 0 Å². The quantitative estimate of drug-likeness (QED) is 0.278. The Hall–Kier alpha value is 0.451. The van der Waals surface area contributed by atoms with Crippen LogP contribution >= 0.6 is 0 Å². The summed E-state index contributed by atoms with van der Waals surface area (Å²) >= 11 is 0. The van der Waals surface area contributed by atoms with Gasteiger partial charge in [0.05, 0.1) is 6.61 Å². The van der Waals surface area contributed by atoms with Crippen LogP contribution in [0.5, 0.6) is 0 Å². The predicted molar refractivity (Wildman–Crippen MR) is 141 cm³/mol. The molecule has 0 aromatic rings. The Balaban J connectivity index is 2.35. The molecular weight excluding hydrogens is 453 g/mol. The van der Waals surface area contributed by atoms with E-state index in [1.54, 1.807) is 0 Å². The summed E-state index contributed by atoms with van der Waals surface area (Å²) < 4.78 is 33.0. The fraction of sp³-hybridized carbons (Fsp3) is 1.00. The van der Waals surface area contributed by atoms with Gasteiger partial charge in [-0.15, -0.1) is 0 Å². The highest BCUT2D eigenvalue weighted by Gasteiger charge is 2.61. The van der Waals surface area contributed by atoms with E-state index in [1.165, 1.54) is 0 Å². The average Bonchev–Trinajstić information content (AvgIpc) is 3.31. The zero-order valence-electron chi connectivity index (χ0n) is 23.6. The topological polar surface area (TPSA) is 49.5 Å². The molecule has 190 valence electrons. The van der Waals surface area contributed by atoms with Crippen LogP contribution in [0, 0.1) is 0 Å². The maximum absolute atomic E-state index is 7.04. The van der Waals surface area contributed by atoms with Crippen molar-refractivity contribution in [2.24, 2.45) is 0 Å². The zero-order valence-corrected chi connectivity index (χ0v) is 26.6. The van der Waals surface area contributed by atoms with E-state index in [-0.39, 0.29) is 45.8 Å².